The van der Waals surface area contributed by atoms with Crippen LogP contribution in [-0.4, -0.2) is 4.98 Å². The van der Waals surface area contributed by atoms with Crippen LogP contribution in [-0.2, 0) is 5.41 Å². The Balaban J connectivity index is 1.26. The fraction of sp³-hybridized carbons (Fsp3) is 0.0652. The average Bonchev–Trinajstić information content (AvgIpc) is 3.92. The average molecular weight is 659 g/mol. The molecule has 3 aromatic heterocycles. The second-order valence-corrected chi connectivity index (χ2v) is 13.9. The Kier molecular flexibility index (Phi) is 5.66. The maximum Gasteiger partial charge on any atom is 0.227 e. The molecule has 0 spiro atoms. The van der Waals surface area contributed by atoms with E-state index in [1.807, 2.05) is 54.6 Å². The van der Waals surface area contributed by atoms with Gasteiger partial charge in [-0.15, -0.1) is 0 Å². The Hall–Kier alpha value is -6.59. The van der Waals surface area contributed by atoms with Crippen molar-refractivity contribution in [3.05, 3.63) is 157 Å². The van der Waals surface area contributed by atoms with Crippen LogP contribution < -0.4 is 4.90 Å². The summed E-state index contributed by atoms with van der Waals surface area (Å²) in [6.07, 6.45) is 0. The van der Waals surface area contributed by atoms with Crippen molar-refractivity contribution in [2.75, 3.05) is 4.90 Å². The highest BCUT2D eigenvalue weighted by Gasteiger charge is 2.36. The lowest BCUT2D eigenvalue weighted by molar-refractivity contribution is 0.618. The number of nitrogens with zero attached hydrogens (tertiary/aromatic N) is 2. The minimum atomic E-state index is -0.120. The van der Waals surface area contributed by atoms with Crippen molar-refractivity contribution in [2.45, 2.75) is 19.3 Å². The van der Waals surface area contributed by atoms with E-state index in [1.165, 1.54) is 22.3 Å². The lowest BCUT2D eigenvalue weighted by Crippen LogP contribution is -2.15. The molecule has 242 valence electrons. The third kappa shape index (κ3) is 4.00. The van der Waals surface area contributed by atoms with Crippen LogP contribution in [0.5, 0.6) is 0 Å². The number of hydrogen-bond acceptors (Lipinski definition) is 5. The zero-order chi connectivity index (χ0) is 33.8. The number of oxazole rings is 1. The molecule has 0 N–H and O–H groups in total. The first-order valence-electron chi connectivity index (χ1n) is 17.3. The third-order valence-corrected chi connectivity index (χ3v) is 10.7. The minimum absolute atomic E-state index is 0.120. The van der Waals surface area contributed by atoms with Gasteiger partial charge in [0.05, 0.1) is 0 Å². The summed E-state index contributed by atoms with van der Waals surface area (Å²) in [5.41, 5.74) is 13.3. The fourth-order valence-corrected chi connectivity index (χ4v) is 8.24. The molecule has 0 amide bonds. The largest absolute Gasteiger partial charge is 0.456 e. The molecule has 0 radical (unpaired) electrons. The van der Waals surface area contributed by atoms with Gasteiger partial charge in [-0.05, 0) is 82.9 Å². The second-order valence-electron chi connectivity index (χ2n) is 13.9. The quantitative estimate of drug-likeness (QED) is 0.188. The Morgan fingerprint density at radius 2 is 1.14 bits per heavy atom. The molecule has 0 bridgehead atoms. The van der Waals surface area contributed by atoms with Gasteiger partial charge in [0, 0.05) is 43.9 Å². The van der Waals surface area contributed by atoms with E-state index in [0.29, 0.717) is 11.5 Å². The highest BCUT2D eigenvalue weighted by molar-refractivity contribution is 6.18. The molecule has 0 aliphatic heterocycles. The summed E-state index contributed by atoms with van der Waals surface area (Å²) in [5, 5.41) is 4.11. The molecule has 7 aromatic carbocycles. The molecule has 3 heterocycles. The van der Waals surface area contributed by atoms with Crippen molar-refractivity contribution in [1.82, 2.24) is 4.98 Å². The molecule has 5 heteroatoms. The Morgan fingerprint density at radius 3 is 1.98 bits per heavy atom. The Morgan fingerprint density at radius 1 is 0.490 bits per heavy atom. The van der Waals surface area contributed by atoms with Crippen molar-refractivity contribution in [2.24, 2.45) is 0 Å². The van der Waals surface area contributed by atoms with Crippen LogP contribution >= 0.6 is 0 Å². The van der Waals surface area contributed by atoms with Gasteiger partial charge >= 0.3 is 0 Å². The minimum Gasteiger partial charge on any atom is -0.456 e. The summed E-state index contributed by atoms with van der Waals surface area (Å²) in [5.74, 6) is 0.560. The lowest BCUT2D eigenvalue weighted by Gasteiger charge is -2.27. The maximum absolute atomic E-state index is 6.81. The van der Waals surface area contributed by atoms with Crippen molar-refractivity contribution in [3.63, 3.8) is 0 Å². The molecular weight excluding hydrogens is 629 g/mol. The van der Waals surface area contributed by atoms with Crippen LogP contribution in [0.4, 0.5) is 17.1 Å². The van der Waals surface area contributed by atoms with Crippen LogP contribution in [0.1, 0.15) is 25.0 Å². The number of para-hydroxylation sites is 2. The first kappa shape index (κ1) is 28.3. The maximum atomic E-state index is 6.81. The predicted molar refractivity (Wildman–Crippen MR) is 206 cm³/mol. The van der Waals surface area contributed by atoms with E-state index >= 15 is 0 Å². The highest BCUT2D eigenvalue weighted by atomic mass is 16.4. The van der Waals surface area contributed by atoms with Crippen LogP contribution in [0, 0.1) is 0 Å². The van der Waals surface area contributed by atoms with Gasteiger partial charge in [-0.2, -0.15) is 0 Å². The van der Waals surface area contributed by atoms with Crippen LogP contribution in [0.2, 0.25) is 0 Å². The molecule has 0 atom stereocenters. The van der Waals surface area contributed by atoms with Gasteiger partial charge in [0.25, 0.3) is 0 Å². The van der Waals surface area contributed by atoms with Crippen LogP contribution in [0.25, 0.3) is 77.6 Å². The second kappa shape index (κ2) is 10.2. The standard InChI is InChI=1S/C46H30N2O3/c1-46(2)36-17-9-6-14-30(36)33-24-28(20-22-37(33)46)48(29-21-23-41-34(25-29)31-15-7-10-18-39(31)49-41)42-43-35(32-16-8-11-19-40(32)50-43)26-38-44(42)51-45(47-38)27-12-4-3-5-13-27/h3-26H,1-2H3. The number of furan rings is 2. The number of aromatic nitrogens is 1. The molecule has 5 nitrogen and oxygen atoms in total. The van der Waals surface area contributed by atoms with E-state index in [-0.39, 0.29) is 5.41 Å². The molecule has 11 rings (SSSR count). The fourth-order valence-electron chi connectivity index (χ4n) is 8.24. The number of rotatable bonds is 4. The van der Waals surface area contributed by atoms with Gasteiger partial charge in [0.1, 0.15) is 28.0 Å². The molecule has 0 unspecified atom stereocenters. The van der Waals surface area contributed by atoms with Gasteiger partial charge in [0.15, 0.2) is 11.2 Å². The van der Waals surface area contributed by atoms with E-state index in [1.54, 1.807) is 0 Å². The summed E-state index contributed by atoms with van der Waals surface area (Å²) in [6, 6.07) is 50.5. The van der Waals surface area contributed by atoms with E-state index in [2.05, 4.69) is 110 Å². The molecule has 1 aliphatic rings. The molecule has 0 saturated carbocycles. The van der Waals surface area contributed by atoms with Gasteiger partial charge in [0.2, 0.25) is 5.89 Å². The van der Waals surface area contributed by atoms with Crippen molar-refractivity contribution in [1.29, 1.82) is 0 Å². The summed E-state index contributed by atoms with van der Waals surface area (Å²) < 4.78 is 19.9. The summed E-state index contributed by atoms with van der Waals surface area (Å²) in [6.45, 7) is 4.62. The summed E-state index contributed by atoms with van der Waals surface area (Å²) in [4.78, 5) is 7.37. The number of anilines is 3. The Bertz CT molecular complexity index is 3020. The molecule has 1 aliphatic carbocycles. The van der Waals surface area contributed by atoms with Gasteiger partial charge < -0.3 is 18.2 Å². The lowest BCUT2D eigenvalue weighted by atomic mass is 9.82. The number of fused-ring (bicyclic) bond motifs is 10. The highest BCUT2D eigenvalue weighted by Crippen LogP contribution is 2.53. The van der Waals surface area contributed by atoms with E-state index < -0.39 is 0 Å². The zero-order valence-corrected chi connectivity index (χ0v) is 28.0. The van der Waals surface area contributed by atoms with Crippen molar-refractivity contribution in [3.8, 4) is 22.6 Å². The predicted octanol–water partition coefficient (Wildman–Crippen LogP) is 13.1. The van der Waals surface area contributed by atoms with Gasteiger partial charge in [-0.25, -0.2) is 4.98 Å². The third-order valence-electron chi connectivity index (χ3n) is 10.7. The summed E-state index contributed by atoms with van der Waals surface area (Å²) in [7, 11) is 0. The monoisotopic (exact) mass is 658 g/mol. The molecular formula is C46H30N2O3. The molecule has 51 heavy (non-hydrogen) atoms. The van der Waals surface area contributed by atoms with Crippen LogP contribution in [0.15, 0.2) is 159 Å². The van der Waals surface area contributed by atoms with E-state index in [4.69, 9.17) is 18.2 Å². The summed E-state index contributed by atoms with van der Waals surface area (Å²) >= 11 is 0. The van der Waals surface area contributed by atoms with Crippen molar-refractivity contribution >= 4 is 72.0 Å². The molecule has 0 saturated heterocycles. The van der Waals surface area contributed by atoms with Gasteiger partial charge in [-0.3, -0.25) is 0 Å². The zero-order valence-electron chi connectivity index (χ0n) is 28.0. The molecule has 10 aromatic rings. The SMILES string of the molecule is CC1(C)c2ccccc2-c2cc(N(c3ccc4oc5ccccc5c4c3)c3c4oc(-c5ccccc5)nc4cc4c3oc3ccccc34)ccc21. The first-order valence-corrected chi connectivity index (χ1v) is 17.3. The smallest absolute Gasteiger partial charge is 0.227 e. The Labute approximate surface area is 293 Å². The number of benzene rings is 7. The van der Waals surface area contributed by atoms with Crippen molar-refractivity contribution < 1.29 is 13.3 Å². The van der Waals surface area contributed by atoms with E-state index in [0.717, 1.165) is 72.0 Å². The van der Waals surface area contributed by atoms with Crippen LogP contribution in [0.3, 0.4) is 0 Å². The first-order chi connectivity index (χ1) is 25.0. The topological polar surface area (TPSA) is 55.6 Å². The number of hydrogen-bond donors (Lipinski definition) is 0. The molecule has 0 fully saturated rings. The normalized spacial score (nSPS) is 13.5. The van der Waals surface area contributed by atoms with Gasteiger partial charge in [-0.1, -0.05) is 98.8 Å². The van der Waals surface area contributed by atoms with E-state index in [9.17, 15) is 0 Å².